The number of hydrogen-bond acceptors (Lipinski definition) is 6. The lowest BCUT2D eigenvalue weighted by Crippen LogP contribution is -2.29. The molecule has 0 unspecified atom stereocenters. The maximum atomic E-state index is 11.9. The number of ether oxygens (including phenoxy) is 1. The molecule has 1 aromatic heterocycles. The van der Waals surface area contributed by atoms with Crippen molar-refractivity contribution in [3.8, 4) is 0 Å². The molecule has 1 N–H and O–H groups in total. The first kappa shape index (κ1) is 17.7. The average Bonchev–Trinajstić information content (AvgIpc) is 2.88. The Balaban J connectivity index is 1.76. The number of fused-ring (bicyclic) bond motifs is 1. The van der Waals surface area contributed by atoms with Gasteiger partial charge in [0.1, 0.15) is 5.60 Å². The van der Waals surface area contributed by atoms with Crippen LogP contribution in [0, 0.1) is 0 Å². The van der Waals surface area contributed by atoms with Crippen LogP contribution in [0.1, 0.15) is 33.6 Å². The molecule has 0 aliphatic rings. The van der Waals surface area contributed by atoms with Crippen molar-refractivity contribution in [2.45, 2.75) is 43.6 Å². The zero-order chi connectivity index (χ0) is 16.9. The van der Waals surface area contributed by atoms with Gasteiger partial charge in [-0.25, -0.2) is 4.98 Å². The van der Waals surface area contributed by atoms with Gasteiger partial charge in [0.2, 0.25) is 0 Å². The van der Waals surface area contributed by atoms with Crippen molar-refractivity contribution in [2.75, 3.05) is 6.54 Å². The molecule has 0 aliphatic carbocycles. The van der Waals surface area contributed by atoms with E-state index in [1.165, 1.54) is 11.3 Å². The molecular weight excluding hydrogens is 332 g/mol. The number of hydrogen-bond donors (Lipinski definition) is 1. The highest BCUT2D eigenvalue weighted by Crippen LogP contribution is 2.29. The molecule has 1 heterocycles. The molecule has 23 heavy (non-hydrogen) atoms. The Hall–Kier alpha value is -1.60. The maximum absolute atomic E-state index is 11.9. The zero-order valence-corrected chi connectivity index (χ0v) is 15.1. The highest BCUT2D eigenvalue weighted by atomic mass is 32.2. The average molecular weight is 352 g/mol. The van der Waals surface area contributed by atoms with E-state index in [9.17, 15) is 9.59 Å². The number of nitrogens with one attached hydrogen (secondary N) is 1. The molecule has 0 aliphatic heterocycles. The van der Waals surface area contributed by atoms with Crippen LogP contribution in [-0.2, 0) is 9.53 Å². The van der Waals surface area contributed by atoms with Crippen LogP contribution in [0.2, 0.25) is 0 Å². The third kappa shape index (κ3) is 5.51. The number of nitrogens with zero attached hydrogens (tertiary/aromatic N) is 1. The lowest BCUT2D eigenvalue weighted by Gasteiger charge is -2.23. The van der Waals surface area contributed by atoms with Crippen LogP contribution in [-0.4, -0.2) is 28.3 Å². The monoisotopic (exact) mass is 352 g/mol. The fraction of sp³-hybridized carbons (Fsp3) is 0.438. The second-order valence-electron chi connectivity index (χ2n) is 5.60. The van der Waals surface area contributed by atoms with E-state index >= 15 is 0 Å². The molecule has 7 heteroatoms. The second kappa shape index (κ2) is 7.79. The van der Waals surface area contributed by atoms with Crippen molar-refractivity contribution in [1.82, 2.24) is 10.3 Å². The minimum atomic E-state index is -0.461. The summed E-state index contributed by atoms with van der Waals surface area (Å²) >= 11 is 2.52. The number of carbonyl (C=O) groups is 2. The molecule has 0 spiro atoms. The van der Waals surface area contributed by atoms with Gasteiger partial charge in [0, 0.05) is 18.3 Å². The zero-order valence-electron chi connectivity index (χ0n) is 13.4. The predicted molar refractivity (Wildman–Crippen MR) is 94.0 cm³/mol. The van der Waals surface area contributed by atoms with Crippen LogP contribution < -0.4 is 5.32 Å². The van der Waals surface area contributed by atoms with Crippen LogP contribution in [0.25, 0.3) is 10.2 Å². The van der Waals surface area contributed by atoms with Gasteiger partial charge in [-0.15, -0.1) is 11.3 Å². The summed E-state index contributed by atoms with van der Waals surface area (Å²) in [5.41, 5.74) is 0.426. The summed E-state index contributed by atoms with van der Waals surface area (Å²) in [7, 11) is 0. The summed E-state index contributed by atoms with van der Waals surface area (Å²) < 4.78 is 7.06. The molecule has 0 fully saturated rings. The fourth-order valence-corrected chi connectivity index (χ4v) is 3.54. The summed E-state index contributed by atoms with van der Waals surface area (Å²) in [5.74, 6) is -0.304. The molecule has 1 amide bonds. The smallest absolute Gasteiger partial charge is 0.308 e. The summed E-state index contributed by atoms with van der Waals surface area (Å²) in [6, 6.07) is 7.75. The number of para-hydroxylation sites is 1. The molecule has 1 aromatic carbocycles. The SMILES string of the molecule is CCC(C)(C)OC(=O)CCNC(=O)Sc1nc2ccccc2s1. The first-order valence-electron chi connectivity index (χ1n) is 7.43. The third-order valence-corrected chi connectivity index (χ3v) is 5.22. The molecule has 0 saturated carbocycles. The number of rotatable bonds is 6. The van der Waals surface area contributed by atoms with Crippen LogP contribution in [0.5, 0.6) is 0 Å². The molecule has 2 rings (SSSR count). The number of thioether (sulfide) groups is 1. The van der Waals surface area contributed by atoms with Gasteiger partial charge in [0.15, 0.2) is 4.34 Å². The lowest BCUT2D eigenvalue weighted by molar-refractivity contribution is -0.156. The summed E-state index contributed by atoms with van der Waals surface area (Å²) in [4.78, 5) is 27.9. The van der Waals surface area contributed by atoms with E-state index in [1.54, 1.807) is 0 Å². The Kier molecular flexibility index (Phi) is 6.01. The fourth-order valence-electron chi connectivity index (χ4n) is 1.71. The molecule has 0 saturated heterocycles. The topological polar surface area (TPSA) is 68.3 Å². The van der Waals surface area contributed by atoms with Crippen molar-refractivity contribution in [3.63, 3.8) is 0 Å². The van der Waals surface area contributed by atoms with Gasteiger partial charge in [0.25, 0.3) is 5.24 Å². The number of benzene rings is 1. The first-order valence-corrected chi connectivity index (χ1v) is 9.06. The van der Waals surface area contributed by atoms with E-state index < -0.39 is 5.60 Å². The Morgan fingerprint density at radius 3 is 2.78 bits per heavy atom. The van der Waals surface area contributed by atoms with Crippen molar-refractivity contribution >= 4 is 44.5 Å². The first-order chi connectivity index (χ1) is 10.9. The van der Waals surface area contributed by atoms with Crippen molar-refractivity contribution in [2.24, 2.45) is 0 Å². The van der Waals surface area contributed by atoms with E-state index in [-0.39, 0.29) is 24.2 Å². The minimum Gasteiger partial charge on any atom is -0.460 e. The van der Waals surface area contributed by atoms with Crippen LogP contribution in [0.4, 0.5) is 4.79 Å². The minimum absolute atomic E-state index is 0.162. The van der Waals surface area contributed by atoms with Gasteiger partial charge in [0.05, 0.1) is 16.6 Å². The van der Waals surface area contributed by atoms with E-state index in [0.29, 0.717) is 4.34 Å². The van der Waals surface area contributed by atoms with Crippen molar-refractivity contribution < 1.29 is 14.3 Å². The van der Waals surface area contributed by atoms with E-state index in [4.69, 9.17) is 4.74 Å². The number of aromatic nitrogens is 1. The maximum Gasteiger partial charge on any atom is 0.308 e. The van der Waals surface area contributed by atoms with E-state index in [0.717, 1.165) is 28.4 Å². The predicted octanol–water partition coefficient (Wildman–Crippen LogP) is 4.22. The number of esters is 1. The summed E-state index contributed by atoms with van der Waals surface area (Å²) in [6.45, 7) is 5.96. The molecule has 0 atom stereocenters. The van der Waals surface area contributed by atoms with Gasteiger partial charge >= 0.3 is 5.97 Å². The van der Waals surface area contributed by atoms with Crippen LogP contribution in [0.3, 0.4) is 0 Å². The Morgan fingerprint density at radius 2 is 2.09 bits per heavy atom. The molecule has 5 nitrogen and oxygen atoms in total. The molecule has 0 radical (unpaired) electrons. The Labute approximate surface area is 143 Å². The highest BCUT2D eigenvalue weighted by Gasteiger charge is 2.20. The van der Waals surface area contributed by atoms with Gasteiger partial charge < -0.3 is 10.1 Å². The Morgan fingerprint density at radius 1 is 1.35 bits per heavy atom. The lowest BCUT2D eigenvalue weighted by atomic mass is 10.1. The summed E-state index contributed by atoms with van der Waals surface area (Å²) in [6.07, 6.45) is 0.911. The third-order valence-electron chi connectivity index (χ3n) is 3.29. The highest BCUT2D eigenvalue weighted by molar-refractivity contribution is 8.14. The molecule has 2 aromatic rings. The largest absolute Gasteiger partial charge is 0.460 e. The van der Waals surface area contributed by atoms with Gasteiger partial charge in [-0.3, -0.25) is 9.59 Å². The quantitative estimate of drug-likeness (QED) is 0.623. The normalized spacial score (nSPS) is 11.4. The van der Waals surface area contributed by atoms with Gasteiger partial charge in [-0.1, -0.05) is 19.1 Å². The van der Waals surface area contributed by atoms with Crippen LogP contribution in [0.15, 0.2) is 28.6 Å². The molecular formula is C16H20N2O3S2. The van der Waals surface area contributed by atoms with Crippen LogP contribution >= 0.6 is 23.1 Å². The molecule has 0 bridgehead atoms. The number of carbonyl (C=O) groups excluding carboxylic acids is 2. The van der Waals surface area contributed by atoms with Crippen molar-refractivity contribution in [1.29, 1.82) is 0 Å². The van der Waals surface area contributed by atoms with E-state index in [2.05, 4.69) is 10.3 Å². The van der Waals surface area contributed by atoms with Crippen molar-refractivity contribution in [3.05, 3.63) is 24.3 Å². The van der Waals surface area contributed by atoms with E-state index in [1.807, 2.05) is 45.0 Å². The second-order valence-corrected chi connectivity index (χ2v) is 7.85. The van der Waals surface area contributed by atoms with Gasteiger partial charge in [-0.2, -0.15) is 0 Å². The number of thiazole rings is 1. The Bertz CT molecular complexity index is 664. The standard InChI is InChI=1S/C16H20N2O3S2/c1-4-16(2,3)21-13(19)9-10-17-14(20)23-15-18-11-7-5-6-8-12(11)22-15/h5-8H,4,9-10H2,1-3H3,(H,17,20). The molecule has 124 valence electrons. The summed E-state index contributed by atoms with van der Waals surface area (Å²) in [5, 5.41) is 2.48. The number of amides is 1. The van der Waals surface area contributed by atoms with Gasteiger partial charge in [-0.05, 0) is 32.4 Å².